The molecule has 0 aromatic heterocycles. The Labute approximate surface area is 103 Å². The zero-order valence-corrected chi connectivity index (χ0v) is 12.5. The van der Waals surface area contributed by atoms with Crippen molar-refractivity contribution >= 4 is 0 Å². The minimum atomic E-state index is 0.0448. The van der Waals surface area contributed by atoms with E-state index in [-0.39, 0.29) is 5.60 Å². The molecular weight excluding hydrogens is 196 g/mol. The number of hydrogen-bond donors (Lipinski definition) is 0. The summed E-state index contributed by atoms with van der Waals surface area (Å²) in [7, 11) is 0. The zero-order valence-electron chi connectivity index (χ0n) is 12.5. The molecule has 0 aromatic rings. The first-order valence-electron chi connectivity index (χ1n) is 6.90. The van der Waals surface area contributed by atoms with Crippen molar-refractivity contribution in [1.29, 1.82) is 0 Å². The molecule has 0 rings (SSSR count). The van der Waals surface area contributed by atoms with Crippen LogP contribution in [0, 0.1) is 17.8 Å². The van der Waals surface area contributed by atoms with Gasteiger partial charge in [0.15, 0.2) is 0 Å². The van der Waals surface area contributed by atoms with Gasteiger partial charge in [-0.1, -0.05) is 27.7 Å². The third-order valence-corrected chi connectivity index (χ3v) is 2.92. The summed E-state index contributed by atoms with van der Waals surface area (Å²) in [6.45, 7) is 16.6. The van der Waals surface area contributed by atoms with Crippen molar-refractivity contribution in [3.05, 3.63) is 0 Å². The lowest BCUT2D eigenvalue weighted by molar-refractivity contribution is -0.0310. The van der Waals surface area contributed by atoms with Gasteiger partial charge in [0.05, 0.1) is 5.60 Å². The van der Waals surface area contributed by atoms with Gasteiger partial charge in [0.2, 0.25) is 0 Å². The molecule has 0 amide bonds. The monoisotopic (exact) mass is 228 g/mol. The summed E-state index contributed by atoms with van der Waals surface area (Å²) >= 11 is 0. The molecule has 0 unspecified atom stereocenters. The second kappa shape index (κ2) is 7.32. The summed E-state index contributed by atoms with van der Waals surface area (Å²) in [5, 5.41) is 0. The van der Waals surface area contributed by atoms with Crippen molar-refractivity contribution < 1.29 is 4.74 Å². The van der Waals surface area contributed by atoms with Crippen LogP contribution in [0.2, 0.25) is 0 Å². The quantitative estimate of drug-likeness (QED) is 0.574. The maximum absolute atomic E-state index is 5.82. The molecule has 98 valence electrons. The Morgan fingerprint density at radius 2 is 1.38 bits per heavy atom. The smallest absolute Gasteiger partial charge is 0.0629 e. The molecule has 0 fully saturated rings. The third-order valence-electron chi connectivity index (χ3n) is 2.92. The fourth-order valence-corrected chi connectivity index (χ4v) is 2.74. The Balaban J connectivity index is 4.28. The van der Waals surface area contributed by atoms with Crippen LogP contribution in [0.25, 0.3) is 0 Å². The average Bonchev–Trinajstić information content (AvgIpc) is 1.98. The van der Waals surface area contributed by atoms with E-state index < -0.39 is 0 Å². The minimum absolute atomic E-state index is 0.0448. The normalized spacial score (nSPS) is 13.1. The Bertz CT molecular complexity index is 160. The Morgan fingerprint density at radius 3 is 1.69 bits per heavy atom. The minimum Gasteiger partial charge on any atom is -0.376 e. The first-order chi connectivity index (χ1) is 7.26. The Kier molecular flexibility index (Phi) is 7.30. The van der Waals surface area contributed by atoms with Crippen molar-refractivity contribution in [1.82, 2.24) is 0 Å². The van der Waals surface area contributed by atoms with Crippen LogP contribution in [0.1, 0.15) is 67.7 Å². The lowest BCUT2D eigenvalue weighted by Gasteiger charge is -2.31. The zero-order chi connectivity index (χ0) is 12.8. The van der Waals surface area contributed by atoms with Crippen molar-refractivity contribution in [2.24, 2.45) is 17.8 Å². The summed E-state index contributed by atoms with van der Waals surface area (Å²) < 4.78 is 5.82. The lowest BCUT2D eigenvalue weighted by atomic mass is 9.82. The Morgan fingerprint density at radius 1 is 0.938 bits per heavy atom. The highest BCUT2D eigenvalue weighted by molar-refractivity contribution is 4.76. The summed E-state index contributed by atoms with van der Waals surface area (Å²) in [6.07, 6.45) is 3.85. The van der Waals surface area contributed by atoms with Crippen LogP contribution in [0.5, 0.6) is 0 Å². The van der Waals surface area contributed by atoms with Crippen molar-refractivity contribution in [3.63, 3.8) is 0 Å². The summed E-state index contributed by atoms with van der Waals surface area (Å²) in [4.78, 5) is 0. The van der Waals surface area contributed by atoms with Crippen LogP contribution in [0.15, 0.2) is 0 Å². The van der Waals surface area contributed by atoms with Gasteiger partial charge in [-0.3, -0.25) is 0 Å². The molecule has 16 heavy (non-hydrogen) atoms. The van der Waals surface area contributed by atoms with E-state index in [1.807, 2.05) is 0 Å². The number of ether oxygens (including phenoxy) is 1. The first kappa shape index (κ1) is 16.0. The second-order valence-electron chi connectivity index (χ2n) is 6.52. The molecule has 1 heteroatoms. The highest BCUT2D eigenvalue weighted by Gasteiger charge is 2.24. The third kappa shape index (κ3) is 8.15. The molecule has 0 aliphatic heterocycles. The molecule has 0 spiro atoms. The van der Waals surface area contributed by atoms with Gasteiger partial charge in [-0.2, -0.15) is 0 Å². The summed E-state index contributed by atoms with van der Waals surface area (Å²) in [5.74, 6) is 2.39. The predicted molar refractivity (Wildman–Crippen MR) is 72.7 cm³/mol. The van der Waals surface area contributed by atoms with Gasteiger partial charge in [-0.15, -0.1) is 0 Å². The summed E-state index contributed by atoms with van der Waals surface area (Å²) in [6, 6.07) is 0. The molecule has 0 bridgehead atoms. The van der Waals surface area contributed by atoms with E-state index in [1.54, 1.807) is 0 Å². The molecule has 0 saturated heterocycles. The SMILES string of the molecule is CCOC(C)(C)CC(CC(C)C)CC(C)C. The Hall–Kier alpha value is -0.0400. The maximum atomic E-state index is 5.82. The van der Waals surface area contributed by atoms with E-state index >= 15 is 0 Å². The molecule has 0 aromatic carbocycles. The molecule has 0 aliphatic carbocycles. The van der Waals surface area contributed by atoms with Crippen LogP contribution in [0.3, 0.4) is 0 Å². The standard InChI is InChI=1S/C15H32O/c1-8-16-15(6,7)11-14(9-12(2)3)10-13(4)5/h12-14H,8-11H2,1-7H3. The van der Waals surface area contributed by atoms with Crippen LogP contribution < -0.4 is 0 Å². The van der Waals surface area contributed by atoms with E-state index in [4.69, 9.17) is 4.74 Å². The highest BCUT2D eigenvalue weighted by Crippen LogP contribution is 2.30. The fourth-order valence-electron chi connectivity index (χ4n) is 2.74. The van der Waals surface area contributed by atoms with Crippen LogP contribution in [-0.4, -0.2) is 12.2 Å². The van der Waals surface area contributed by atoms with Crippen LogP contribution >= 0.6 is 0 Å². The molecule has 0 radical (unpaired) electrons. The lowest BCUT2D eigenvalue weighted by Crippen LogP contribution is -2.29. The second-order valence-corrected chi connectivity index (χ2v) is 6.52. The number of rotatable bonds is 8. The van der Waals surface area contributed by atoms with Gasteiger partial charge in [0.1, 0.15) is 0 Å². The topological polar surface area (TPSA) is 9.23 Å². The van der Waals surface area contributed by atoms with E-state index in [1.165, 1.54) is 19.3 Å². The largest absolute Gasteiger partial charge is 0.376 e. The summed E-state index contributed by atoms with van der Waals surface area (Å²) in [5.41, 5.74) is 0.0448. The van der Waals surface area contributed by atoms with Crippen LogP contribution in [-0.2, 0) is 4.74 Å². The maximum Gasteiger partial charge on any atom is 0.0629 e. The van der Waals surface area contributed by atoms with E-state index in [0.717, 1.165) is 24.4 Å². The highest BCUT2D eigenvalue weighted by atomic mass is 16.5. The van der Waals surface area contributed by atoms with Gasteiger partial charge in [0.25, 0.3) is 0 Å². The molecular formula is C15H32O. The number of hydrogen-bond acceptors (Lipinski definition) is 1. The van der Waals surface area contributed by atoms with Gasteiger partial charge in [-0.05, 0) is 57.8 Å². The van der Waals surface area contributed by atoms with Gasteiger partial charge in [-0.25, -0.2) is 0 Å². The average molecular weight is 228 g/mol. The molecule has 0 N–H and O–H groups in total. The molecule has 0 aliphatic rings. The fraction of sp³-hybridized carbons (Fsp3) is 1.00. The molecule has 0 saturated carbocycles. The van der Waals surface area contributed by atoms with Gasteiger partial charge in [0, 0.05) is 6.61 Å². The van der Waals surface area contributed by atoms with E-state index in [2.05, 4.69) is 48.5 Å². The van der Waals surface area contributed by atoms with E-state index in [0.29, 0.717) is 0 Å². The molecule has 1 nitrogen and oxygen atoms in total. The predicted octanol–water partition coefficient (Wildman–Crippen LogP) is 4.90. The van der Waals surface area contributed by atoms with E-state index in [9.17, 15) is 0 Å². The van der Waals surface area contributed by atoms with Gasteiger partial charge >= 0.3 is 0 Å². The van der Waals surface area contributed by atoms with Crippen LogP contribution in [0.4, 0.5) is 0 Å². The van der Waals surface area contributed by atoms with Gasteiger partial charge < -0.3 is 4.74 Å². The molecule has 0 atom stereocenters. The first-order valence-corrected chi connectivity index (χ1v) is 6.90. The van der Waals surface area contributed by atoms with Crippen molar-refractivity contribution in [3.8, 4) is 0 Å². The van der Waals surface area contributed by atoms with Crippen molar-refractivity contribution in [2.45, 2.75) is 73.3 Å². The van der Waals surface area contributed by atoms with Crippen molar-refractivity contribution in [2.75, 3.05) is 6.61 Å². The molecule has 0 heterocycles.